The van der Waals surface area contributed by atoms with Gasteiger partial charge in [0.2, 0.25) is 24.4 Å². The average Bonchev–Trinajstić information content (AvgIpc) is 2.34. The van der Waals surface area contributed by atoms with E-state index in [4.69, 9.17) is 23.2 Å². The summed E-state index contributed by atoms with van der Waals surface area (Å²) in [6.45, 7) is -0.0480. The minimum Gasteiger partial charge on any atom is -0.748 e. The van der Waals surface area contributed by atoms with Crippen LogP contribution >= 0.6 is 69.4 Å². The van der Waals surface area contributed by atoms with Crippen LogP contribution in [0.3, 0.4) is 0 Å². The monoisotopic (exact) mass is 1320 g/mol. The van der Waals surface area contributed by atoms with Gasteiger partial charge >= 0.3 is 29.6 Å². The predicted molar refractivity (Wildman–Crippen MR) is 328 cm³/mol. The Morgan fingerprint density at radius 1 is 0.529 bits per heavy atom. The minimum atomic E-state index is -5.40. The van der Waals surface area contributed by atoms with E-state index in [0.29, 0.717) is 41.3 Å². The second-order valence-electron chi connectivity index (χ2n) is 19.3. The third kappa shape index (κ3) is 14.5. The molecule has 27 heteroatoms. The predicted octanol–water partition coefficient (Wildman–Crippen LogP) is 7.71. The summed E-state index contributed by atoms with van der Waals surface area (Å²) in [5.74, 6) is -2.85. The van der Waals surface area contributed by atoms with Gasteiger partial charge in [-0.3, -0.25) is 20.2 Å². The Bertz CT molecular complexity index is 4530. The number of fused-ring (bicyclic) bond motifs is 4. The number of carbonyl (C=O) groups excluding carboxylic acids is 2. The first-order valence-electron chi connectivity index (χ1n) is 25.6. The number of hydrogen-bond donors (Lipinski definition) is 2. The van der Waals surface area contributed by atoms with Crippen LogP contribution in [-0.2, 0) is 43.7 Å². The molecule has 7 aromatic carbocycles. The molecule has 0 saturated heterocycles. The van der Waals surface area contributed by atoms with E-state index in [-0.39, 0.29) is 74.4 Å². The Kier molecular flexibility index (Phi) is 19.1. The van der Waals surface area contributed by atoms with Crippen molar-refractivity contribution in [1.29, 1.82) is 0 Å². The molecule has 2 aliphatic heterocycles. The molecule has 0 fully saturated rings. The molecule has 17 nitrogen and oxygen atoms in total. The first-order chi connectivity index (χ1) is 40.1. The quantitative estimate of drug-likeness (QED) is 0.0447. The van der Waals surface area contributed by atoms with Crippen LogP contribution in [-0.4, -0.2) is 75.3 Å². The van der Waals surface area contributed by atoms with Crippen LogP contribution in [0.1, 0.15) is 43.6 Å². The number of carbonyl (C=O) groups is 2. The summed E-state index contributed by atoms with van der Waals surface area (Å²) in [5, 5.41) is 9.24. The van der Waals surface area contributed by atoms with E-state index < -0.39 is 64.1 Å². The van der Waals surface area contributed by atoms with Gasteiger partial charge in [0.15, 0.2) is 0 Å². The molecule has 85 heavy (non-hydrogen) atoms. The fourth-order valence-electron chi connectivity index (χ4n) is 9.76. The maximum atomic E-state index is 14.3. The molecule has 430 valence electrons. The van der Waals surface area contributed by atoms with Gasteiger partial charge in [-0.1, -0.05) is 142 Å². The smallest absolute Gasteiger partial charge is 0.748 e. The first kappa shape index (κ1) is 62.4. The molecule has 11 rings (SSSR count). The van der Waals surface area contributed by atoms with Gasteiger partial charge in [-0.05, 0) is 102 Å². The van der Waals surface area contributed by atoms with Gasteiger partial charge in [-0.15, -0.1) is 0 Å². The van der Waals surface area contributed by atoms with E-state index in [1.807, 2.05) is 140 Å². The molecule has 0 bridgehead atoms. The fourth-order valence-corrected chi connectivity index (χ4v) is 16.3. The van der Waals surface area contributed by atoms with E-state index >= 15 is 0 Å². The van der Waals surface area contributed by atoms with Crippen LogP contribution in [0.4, 0.5) is 11.4 Å². The molecular formula is C58H45Cl2N6NaO11S7. The summed E-state index contributed by atoms with van der Waals surface area (Å²) in [6, 6.07) is 45.0. The van der Waals surface area contributed by atoms with Crippen molar-refractivity contribution in [1.82, 2.24) is 10.6 Å². The Hall–Kier alpha value is -5.65. The Balaban J connectivity index is 0.00000803. The fraction of sp³-hybridized carbons (Fsp3) is 0.138. The minimum absolute atomic E-state index is 0. The summed E-state index contributed by atoms with van der Waals surface area (Å²) >= 11 is 18.5. The van der Waals surface area contributed by atoms with Crippen LogP contribution in [0, 0.1) is 0 Å². The van der Waals surface area contributed by atoms with Gasteiger partial charge in [-0.2, -0.15) is 9.13 Å². The van der Waals surface area contributed by atoms with E-state index in [1.165, 1.54) is 52.3 Å². The van der Waals surface area contributed by atoms with Crippen molar-refractivity contribution in [2.75, 3.05) is 34.4 Å². The number of hydrogen-bond acceptors (Lipinski definition) is 17. The van der Waals surface area contributed by atoms with Gasteiger partial charge in [0.25, 0.3) is 21.8 Å². The number of amides is 2. The van der Waals surface area contributed by atoms with E-state index in [2.05, 4.69) is 10.6 Å². The number of anilines is 2. The van der Waals surface area contributed by atoms with Crippen molar-refractivity contribution < 1.29 is 87.2 Å². The third-order valence-corrected chi connectivity index (χ3v) is 21.0. The van der Waals surface area contributed by atoms with Gasteiger partial charge in [-0.25, -0.2) is 25.3 Å². The molecule has 9 aromatic rings. The normalized spacial score (nSPS) is 14.3. The van der Waals surface area contributed by atoms with Crippen LogP contribution in [0.5, 0.6) is 0 Å². The summed E-state index contributed by atoms with van der Waals surface area (Å²) in [6.07, 6.45) is 3.83. The van der Waals surface area contributed by atoms with Crippen molar-refractivity contribution in [2.24, 2.45) is 0 Å². The summed E-state index contributed by atoms with van der Waals surface area (Å²) in [5.41, 5.74) is 5.75. The van der Waals surface area contributed by atoms with Crippen molar-refractivity contribution in [3.8, 4) is 22.3 Å². The number of nitrogens with zero attached hydrogens (tertiary/aromatic N) is 4. The van der Waals surface area contributed by atoms with Crippen molar-refractivity contribution in [3.05, 3.63) is 193 Å². The molecule has 2 aromatic heterocycles. The number of aromatic nitrogens is 2. The van der Waals surface area contributed by atoms with Crippen molar-refractivity contribution in [3.63, 3.8) is 0 Å². The standard InChI is InChI=1S/C58H46Cl2N6O11S7.Na/c59-41-16-21-50-46(30-41)63(23-7-25-82(69,70)71)53(78-50)32-55-65(44-27-38(14-19-48(44)80-55)36-9-3-1-4-10-36)34-61-57(67)40-13-18-43(52(29-40)84(75,76)77)58(68)62-35-66-45-28-39(37-11-5-2-6-12-37)15-20-49(45)81-56(66)33-54-64(24-8-26-83(72,73)74)47-31-42(60)17-22-51(47)79-54;/h1-6,9-22,27-33H,7-8,23-26,34-35H2,(H3-2,61,62,67,68,69,70,71,72,73,74,75,76,77);/q;+1/p-1. The zero-order valence-electron chi connectivity index (χ0n) is 44.6. The van der Waals surface area contributed by atoms with E-state index in [0.717, 1.165) is 64.8 Å². The maximum absolute atomic E-state index is 14.3. The Morgan fingerprint density at radius 3 is 1.41 bits per heavy atom. The molecule has 2 N–H and O–H groups in total. The number of halogens is 2. The molecule has 2 aliphatic rings. The molecule has 0 saturated carbocycles. The van der Waals surface area contributed by atoms with Crippen LogP contribution in [0.25, 0.3) is 54.8 Å². The number of rotatable bonds is 19. The molecular weight excluding hydrogens is 1280 g/mol. The molecule has 0 radical (unpaired) electrons. The summed E-state index contributed by atoms with van der Waals surface area (Å²) in [4.78, 5) is 33.1. The summed E-state index contributed by atoms with van der Waals surface area (Å²) < 4.78 is 115. The third-order valence-electron chi connectivity index (χ3n) is 13.7. The largest absolute Gasteiger partial charge is 1.00 e. The molecule has 0 aliphatic carbocycles. The van der Waals surface area contributed by atoms with Crippen LogP contribution < -0.4 is 59.1 Å². The zero-order chi connectivity index (χ0) is 59.1. The molecule has 0 atom stereocenters. The molecule has 0 spiro atoms. The van der Waals surface area contributed by atoms with E-state index in [9.17, 15) is 48.5 Å². The number of nitrogens with one attached hydrogen (secondary N) is 2. The topological polar surface area (TPSA) is 244 Å². The molecule has 2 amide bonds. The average molecular weight is 1320 g/mol. The first-order valence-corrected chi connectivity index (χ1v) is 34.2. The van der Waals surface area contributed by atoms with Gasteiger partial charge < -0.3 is 23.5 Å². The Morgan fingerprint density at radius 2 is 0.976 bits per heavy atom. The van der Waals surface area contributed by atoms with Crippen LogP contribution in [0.2, 0.25) is 10.0 Å². The second kappa shape index (κ2) is 26.0. The van der Waals surface area contributed by atoms with Crippen molar-refractivity contribution in [2.45, 2.75) is 40.9 Å². The van der Waals surface area contributed by atoms with Crippen molar-refractivity contribution >= 4 is 156 Å². The SMILES string of the molecule is O=C(NC[n+]1c(C=C2Sc3ccc(Cl)cc3N2CCCS(=O)(=O)[O-])sc2ccc(-c3ccccc3)cc21)c1ccc(C(=O)NC[n+]2c(C=C3Sc4ccc(Cl)cc4N3CCCS(=O)(=O)[O-])sc3ccc(-c4ccccc4)cc32)c(S(=O)(=O)[O-])c1.[Na+]. The number of thioether (sulfide) groups is 2. The zero-order valence-corrected chi connectivity index (χ0v) is 53.9. The number of benzene rings is 7. The molecule has 0 unspecified atom stereocenters. The number of thiazole rings is 2. The van der Waals surface area contributed by atoms with Gasteiger partial charge in [0.05, 0.1) is 64.3 Å². The van der Waals surface area contributed by atoms with Gasteiger partial charge in [0, 0.05) is 62.1 Å². The summed E-state index contributed by atoms with van der Waals surface area (Å²) in [7, 11) is -14.4. The van der Waals surface area contributed by atoms with E-state index in [1.54, 1.807) is 24.3 Å². The second-order valence-corrected chi connectivity index (χ2v) is 28.8. The Labute approximate surface area is 538 Å². The molecule has 4 heterocycles. The van der Waals surface area contributed by atoms with Crippen LogP contribution in [0.15, 0.2) is 176 Å². The maximum Gasteiger partial charge on any atom is 1.00 e. The van der Waals surface area contributed by atoms with Gasteiger partial charge in [0.1, 0.15) is 19.5 Å².